The topological polar surface area (TPSA) is 90.1 Å². The molecule has 1 aliphatic rings. The van der Waals surface area contributed by atoms with Crippen LogP contribution < -0.4 is 15.5 Å². The van der Waals surface area contributed by atoms with Crippen LogP contribution in [0.3, 0.4) is 0 Å². The van der Waals surface area contributed by atoms with Gasteiger partial charge in [-0.2, -0.15) is 0 Å². The highest BCUT2D eigenvalue weighted by Crippen LogP contribution is 2.37. The molecule has 0 radical (unpaired) electrons. The van der Waals surface area contributed by atoms with E-state index in [2.05, 4.69) is 20.6 Å². The average Bonchev–Trinajstić information content (AvgIpc) is 3.44. The first-order chi connectivity index (χ1) is 17.6. The lowest BCUT2D eigenvalue weighted by Gasteiger charge is -2.20. The highest BCUT2D eigenvalue weighted by molar-refractivity contribution is 6.06. The molecule has 37 heavy (non-hydrogen) atoms. The molecular formula is C26H19F4N5O2. The number of amides is 3. The molecule has 3 amide bonds. The van der Waals surface area contributed by atoms with Gasteiger partial charge in [0.25, 0.3) is 5.91 Å². The van der Waals surface area contributed by atoms with Crippen molar-refractivity contribution < 1.29 is 27.2 Å². The van der Waals surface area contributed by atoms with Crippen LogP contribution in [0.2, 0.25) is 0 Å². The van der Waals surface area contributed by atoms with Crippen molar-refractivity contribution in [3.63, 3.8) is 0 Å². The maximum atomic E-state index is 15.2. The Kier molecular flexibility index (Phi) is 5.90. The third kappa shape index (κ3) is 4.28. The molecule has 0 unspecified atom stereocenters. The zero-order valence-corrected chi connectivity index (χ0v) is 19.5. The number of hydrogen-bond acceptors (Lipinski definition) is 3. The van der Waals surface area contributed by atoms with Crippen molar-refractivity contribution in [1.29, 1.82) is 0 Å². The SMILES string of the molecule is Cc1cnc(-c2ccc(-c3ccc(NC(=O)N(C)c4c(F)cc(F)cc4F)cc3F)c3c2C(=O)NC3)[nH]1. The summed E-state index contributed by atoms with van der Waals surface area (Å²) < 4.78 is 56.5. The highest BCUT2D eigenvalue weighted by Gasteiger charge is 2.28. The number of carbonyl (C=O) groups is 2. The minimum atomic E-state index is -1.26. The van der Waals surface area contributed by atoms with Crippen LogP contribution in [0.15, 0.2) is 48.7 Å². The minimum absolute atomic E-state index is 0.0227. The molecule has 11 heteroatoms. The molecule has 4 aromatic rings. The summed E-state index contributed by atoms with van der Waals surface area (Å²) >= 11 is 0. The maximum absolute atomic E-state index is 15.2. The number of H-pyrrole nitrogens is 1. The molecule has 0 atom stereocenters. The Labute approximate surface area is 208 Å². The standard InChI is InChI=1S/C26H19F4N5O2/c1-12-10-31-24(33-12)17-6-5-15(18-11-32-25(36)22(17)18)16-4-3-14(9-19(16)28)34-26(37)35(2)23-20(29)7-13(27)8-21(23)30/h3-10H,11H2,1-2H3,(H,31,33)(H,32,36)(H,34,37). The number of fused-ring (bicyclic) bond motifs is 1. The number of halogens is 4. The van der Waals surface area contributed by atoms with E-state index in [1.54, 1.807) is 18.3 Å². The first kappa shape index (κ1) is 24.0. The zero-order valence-electron chi connectivity index (χ0n) is 19.5. The van der Waals surface area contributed by atoms with Crippen molar-refractivity contribution in [3.05, 3.63) is 88.8 Å². The van der Waals surface area contributed by atoms with Crippen LogP contribution in [-0.4, -0.2) is 29.0 Å². The molecule has 0 saturated heterocycles. The van der Waals surface area contributed by atoms with E-state index in [0.29, 0.717) is 45.1 Å². The second-order valence-electron chi connectivity index (χ2n) is 8.51. The summed E-state index contributed by atoms with van der Waals surface area (Å²) in [6, 6.07) is 7.22. The molecule has 7 nitrogen and oxygen atoms in total. The number of nitrogens with one attached hydrogen (secondary N) is 3. The number of imidazole rings is 1. The Morgan fingerprint density at radius 2 is 1.65 bits per heavy atom. The molecule has 0 fully saturated rings. The molecular weight excluding hydrogens is 490 g/mol. The largest absolute Gasteiger partial charge is 0.348 e. The number of urea groups is 1. The molecule has 1 aromatic heterocycles. The van der Waals surface area contributed by atoms with E-state index >= 15 is 4.39 Å². The van der Waals surface area contributed by atoms with E-state index in [0.717, 1.165) is 18.8 Å². The molecule has 188 valence electrons. The summed E-state index contributed by atoms with van der Waals surface area (Å²) in [7, 11) is 1.09. The van der Waals surface area contributed by atoms with Crippen LogP contribution in [-0.2, 0) is 6.54 Å². The van der Waals surface area contributed by atoms with Crippen LogP contribution in [0.1, 0.15) is 21.6 Å². The Bertz CT molecular complexity index is 1560. The summed E-state index contributed by atoms with van der Waals surface area (Å²) in [6.07, 6.45) is 1.64. The summed E-state index contributed by atoms with van der Waals surface area (Å²) in [5, 5.41) is 5.12. The first-order valence-corrected chi connectivity index (χ1v) is 11.1. The van der Waals surface area contributed by atoms with Crippen LogP contribution in [0.5, 0.6) is 0 Å². The fourth-order valence-corrected chi connectivity index (χ4v) is 4.32. The Morgan fingerprint density at radius 3 is 2.30 bits per heavy atom. The number of carbonyl (C=O) groups excluding carboxylic acids is 2. The number of anilines is 2. The van der Waals surface area contributed by atoms with Crippen LogP contribution in [0.25, 0.3) is 22.5 Å². The smallest absolute Gasteiger partial charge is 0.326 e. The molecule has 0 saturated carbocycles. The summed E-state index contributed by atoms with van der Waals surface area (Å²) in [6.45, 7) is 2.04. The van der Waals surface area contributed by atoms with Crippen LogP contribution >= 0.6 is 0 Å². The lowest BCUT2D eigenvalue weighted by Crippen LogP contribution is -2.32. The fourth-order valence-electron chi connectivity index (χ4n) is 4.32. The van der Waals surface area contributed by atoms with Gasteiger partial charge in [-0.3, -0.25) is 9.69 Å². The fraction of sp³-hybridized carbons (Fsp3) is 0.115. The lowest BCUT2D eigenvalue weighted by molar-refractivity contribution is 0.0966. The van der Waals surface area contributed by atoms with Crippen LogP contribution in [0, 0.1) is 30.2 Å². The third-order valence-corrected chi connectivity index (χ3v) is 6.06. The number of hydrogen-bond donors (Lipinski definition) is 3. The quantitative estimate of drug-likeness (QED) is 0.317. The van der Waals surface area contributed by atoms with Crippen molar-refractivity contribution in [3.8, 4) is 22.5 Å². The molecule has 3 aromatic carbocycles. The maximum Gasteiger partial charge on any atom is 0.326 e. The number of rotatable bonds is 4. The predicted octanol–water partition coefficient (Wildman–Crippen LogP) is 5.52. The summed E-state index contributed by atoms with van der Waals surface area (Å²) in [5.74, 6) is -4.12. The van der Waals surface area contributed by atoms with Gasteiger partial charge in [0.05, 0.1) is 5.56 Å². The molecule has 1 aliphatic heterocycles. The average molecular weight is 509 g/mol. The molecule has 0 bridgehead atoms. The van der Waals surface area contributed by atoms with Gasteiger partial charge in [-0.1, -0.05) is 6.07 Å². The summed E-state index contributed by atoms with van der Waals surface area (Å²) in [5.41, 5.74) is 2.37. The minimum Gasteiger partial charge on any atom is -0.348 e. The van der Waals surface area contributed by atoms with Gasteiger partial charge in [0.1, 0.15) is 23.1 Å². The van der Waals surface area contributed by atoms with E-state index in [9.17, 15) is 22.8 Å². The molecule has 2 heterocycles. The predicted molar refractivity (Wildman–Crippen MR) is 129 cm³/mol. The third-order valence-electron chi connectivity index (χ3n) is 6.06. The van der Waals surface area contributed by atoms with Gasteiger partial charge in [-0.15, -0.1) is 0 Å². The zero-order chi connectivity index (χ0) is 26.4. The van der Waals surface area contributed by atoms with Gasteiger partial charge in [0.2, 0.25) is 0 Å². The van der Waals surface area contributed by atoms with Crippen LogP contribution in [0.4, 0.5) is 33.7 Å². The van der Waals surface area contributed by atoms with Crippen molar-refractivity contribution in [1.82, 2.24) is 15.3 Å². The van der Waals surface area contributed by atoms with E-state index < -0.39 is 35.0 Å². The van der Waals surface area contributed by atoms with E-state index in [1.165, 1.54) is 12.1 Å². The monoisotopic (exact) mass is 509 g/mol. The number of nitrogens with zero attached hydrogens (tertiary/aromatic N) is 2. The van der Waals surface area contributed by atoms with E-state index in [1.807, 2.05) is 6.92 Å². The van der Waals surface area contributed by atoms with E-state index in [4.69, 9.17) is 0 Å². The number of aromatic nitrogens is 2. The van der Waals surface area contributed by atoms with Gasteiger partial charge < -0.3 is 15.6 Å². The molecule has 5 rings (SSSR count). The van der Waals surface area contributed by atoms with E-state index in [-0.39, 0.29) is 23.7 Å². The Morgan fingerprint density at radius 1 is 0.973 bits per heavy atom. The second-order valence-corrected chi connectivity index (χ2v) is 8.51. The van der Waals surface area contributed by atoms with Crippen molar-refractivity contribution in [2.75, 3.05) is 17.3 Å². The van der Waals surface area contributed by atoms with Gasteiger partial charge in [0, 0.05) is 54.4 Å². The van der Waals surface area contributed by atoms with Gasteiger partial charge >= 0.3 is 6.03 Å². The number of aromatic amines is 1. The molecule has 0 aliphatic carbocycles. The Balaban J connectivity index is 1.44. The Hall–Kier alpha value is -4.67. The van der Waals surface area contributed by atoms with Crippen molar-refractivity contribution in [2.45, 2.75) is 13.5 Å². The second kappa shape index (κ2) is 9.08. The first-order valence-electron chi connectivity index (χ1n) is 11.1. The molecule has 0 spiro atoms. The molecule has 3 N–H and O–H groups in total. The van der Waals surface area contributed by atoms with Gasteiger partial charge in [-0.05, 0) is 42.3 Å². The number of aryl methyl sites for hydroxylation is 1. The lowest BCUT2D eigenvalue weighted by atomic mass is 9.92. The normalized spacial score (nSPS) is 12.3. The van der Waals surface area contributed by atoms with Gasteiger partial charge in [0.15, 0.2) is 11.6 Å². The summed E-state index contributed by atoms with van der Waals surface area (Å²) in [4.78, 5) is 33.1. The van der Waals surface area contributed by atoms with Crippen molar-refractivity contribution >= 4 is 23.3 Å². The van der Waals surface area contributed by atoms with Gasteiger partial charge in [-0.25, -0.2) is 27.3 Å². The highest BCUT2D eigenvalue weighted by atomic mass is 19.1. The number of benzene rings is 3. The van der Waals surface area contributed by atoms with Crippen molar-refractivity contribution in [2.24, 2.45) is 0 Å².